The summed E-state index contributed by atoms with van der Waals surface area (Å²) in [6.45, 7) is 0. The normalized spacial score (nSPS) is 9.12. The van der Waals surface area contributed by atoms with Crippen molar-refractivity contribution in [3.63, 3.8) is 0 Å². The van der Waals surface area contributed by atoms with Crippen molar-refractivity contribution >= 4 is 17.4 Å². The number of halogens is 1. The third kappa shape index (κ3) is 3.60. The van der Waals surface area contributed by atoms with Crippen LogP contribution in [0.15, 0.2) is 24.3 Å². The average Bonchev–Trinajstić information content (AvgIpc) is 2.34. The van der Waals surface area contributed by atoms with Gasteiger partial charge >= 0.3 is 0 Å². The number of rotatable bonds is 4. The molecule has 0 saturated heterocycles. The van der Waals surface area contributed by atoms with Gasteiger partial charge in [-0.3, -0.25) is 4.79 Å². The Balaban J connectivity index is 2.75. The number of ketones is 1. The third-order valence-electron chi connectivity index (χ3n) is 1.99. The summed E-state index contributed by atoms with van der Waals surface area (Å²) in [6, 6.07) is 7.05. The van der Waals surface area contributed by atoms with E-state index >= 15 is 0 Å². The van der Waals surface area contributed by atoms with E-state index in [9.17, 15) is 4.79 Å². The second-order valence-electron chi connectivity index (χ2n) is 3.12. The first-order chi connectivity index (χ1) is 7.79. The van der Waals surface area contributed by atoms with Gasteiger partial charge in [-0.05, 0) is 24.5 Å². The summed E-state index contributed by atoms with van der Waals surface area (Å²) in [4.78, 5) is 11.7. The van der Waals surface area contributed by atoms with Crippen LogP contribution in [0.1, 0.15) is 23.2 Å². The molecule has 84 valence electrons. The molecule has 0 heterocycles. The van der Waals surface area contributed by atoms with Gasteiger partial charge in [0.25, 0.3) is 0 Å². The lowest BCUT2D eigenvalue weighted by Gasteiger charge is -2.02. The van der Waals surface area contributed by atoms with Gasteiger partial charge in [0.05, 0.1) is 12.7 Å². The predicted octanol–water partition coefficient (Wildman–Crippen LogP) is 2.90. The van der Waals surface area contributed by atoms with Gasteiger partial charge in [-0.1, -0.05) is 18.1 Å². The molecule has 0 radical (unpaired) electrons. The van der Waals surface area contributed by atoms with Crippen molar-refractivity contribution in [1.29, 1.82) is 0 Å². The van der Waals surface area contributed by atoms with Crippen molar-refractivity contribution in [3.05, 3.63) is 29.8 Å². The minimum atomic E-state index is -0.216. The number of hydrogen-bond donors (Lipinski definition) is 0. The van der Waals surface area contributed by atoms with E-state index in [-0.39, 0.29) is 5.78 Å². The largest absolute Gasteiger partial charge is 0.496 e. The first-order valence-electron chi connectivity index (χ1n) is 5.01. The highest BCUT2D eigenvalue weighted by Crippen LogP contribution is 2.17. The van der Waals surface area contributed by atoms with Gasteiger partial charge in [0.1, 0.15) is 5.75 Å². The Kier molecular flexibility index (Phi) is 5.45. The quantitative estimate of drug-likeness (QED) is 0.264. The fourth-order valence-electron chi connectivity index (χ4n) is 1.20. The molecule has 0 aliphatic carbocycles. The lowest BCUT2D eigenvalue weighted by Crippen LogP contribution is -1.98. The first kappa shape index (κ1) is 12.6. The van der Waals surface area contributed by atoms with Gasteiger partial charge in [0.15, 0.2) is 0 Å². The molecular formula is C13H13ClO2. The highest BCUT2D eigenvalue weighted by atomic mass is 35.5. The van der Waals surface area contributed by atoms with E-state index in [2.05, 4.69) is 11.8 Å². The zero-order valence-corrected chi connectivity index (χ0v) is 9.88. The van der Waals surface area contributed by atoms with Crippen LogP contribution in [-0.4, -0.2) is 18.8 Å². The number of carbonyl (C=O) groups excluding carboxylic acids is 1. The van der Waals surface area contributed by atoms with E-state index < -0.39 is 0 Å². The van der Waals surface area contributed by atoms with Crippen molar-refractivity contribution in [2.75, 3.05) is 13.0 Å². The van der Waals surface area contributed by atoms with Crippen LogP contribution < -0.4 is 4.74 Å². The summed E-state index contributed by atoms with van der Waals surface area (Å²) in [5.41, 5.74) is 0.503. The monoisotopic (exact) mass is 236 g/mol. The standard InChI is InChI=1S/C13H13ClO2/c1-16-13-9-5-4-7-11(13)12(15)8-3-2-6-10-14/h4-5,7,9H,2,6,10H2,1H3. The van der Waals surface area contributed by atoms with Crippen molar-refractivity contribution < 1.29 is 9.53 Å². The molecule has 0 saturated carbocycles. The second-order valence-corrected chi connectivity index (χ2v) is 3.50. The molecule has 1 rings (SSSR count). The molecular weight excluding hydrogens is 224 g/mol. The molecule has 0 aliphatic heterocycles. The molecule has 16 heavy (non-hydrogen) atoms. The van der Waals surface area contributed by atoms with Crippen molar-refractivity contribution in [1.82, 2.24) is 0 Å². The molecule has 0 N–H and O–H groups in total. The van der Waals surface area contributed by atoms with Crippen LogP contribution in [0, 0.1) is 11.8 Å². The number of hydrogen-bond acceptors (Lipinski definition) is 2. The molecule has 3 heteroatoms. The number of methoxy groups -OCH3 is 1. The summed E-state index contributed by atoms with van der Waals surface area (Å²) in [6.07, 6.45) is 1.44. The maximum Gasteiger partial charge on any atom is 0.239 e. The van der Waals surface area contributed by atoms with E-state index in [1.54, 1.807) is 18.2 Å². The molecule has 0 bridgehead atoms. The first-order valence-corrected chi connectivity index (χ1v) is 5.55. The van der Waals surface area contributed by atoms with Gasteiger partial charge in [0, 0.05) is 12.3 Å². The lowest BCUT2D eigenvalue weighted by atomic mass is 10.1. The Hall–Kier alpha value is -1.46. The SMILES string of the molecule is COc1ccccc1C(=O)C#CCCCCl. The van der Waals surface area contributed by atoms with E-state index in [4.69, 9.17) is 16.3 Å². The molecule has 1 aromatic rings. The number of ether oxygens (including phenoxy) is 1. The zero-order chi connectivity index (χ0) is 11.8. The molecule has 0 spiro atoms. The van der Waals surface area contributed by atoms with Crippen LogP contribution in [0.5, 0.6) is 5.75 Å². The number of carbonyl (C=O) groups is 1. The van der Waals surface area contributed by atoms with Crippen LogP contribution in [0.25, 0.3) is 0 Å². The van der Waals surface area contributed by atoms with Gasteiger partial charge in [-0.15, -0.1) is 11.6 Å². The summed E-state index contributed by atoms with van der Waals surface area (Å²) < 4.78 is 5.08. The van der Waals surface area contributed by atoms with Gasteiger partial charge < -0.3 is 4.74 Å². The Bertz CT molecular complexity index is 415. The molecule has 0 atom stereocenters. The van der Waals surface area contributed by atoms with Crippen LogP contribution in [0.4, 0.5) is 0 Å². The minimum absolute atomic E-state index is 0.216. The number of Topliss-reactive ketones (excluding diaryl/α,β-unsaturated/α-hetero) is 1. The Morgan fingerprint density at radius 2 is 2.19 bits per heavy atom. The fraction of sp³-hybridized carbons (Fsp3) is 0.308. The Morgan fingerprint density at radius 1 is 1.44 bits per heavy atom. The molecule has 0 aromatic heterocycles. The molecule has 2 nitrogen and oxygen atoms in total. The Labute approximate surface area is 101 Å². The fourth-order valence-corrected chi connectivity index (χ4v) is 1.33. The van der Waals surface area contributed by atoms with Crippen LogP contribution in [0.2, 0.25) is 0 Å². The number of benzene rings is 1. The van der Waals surface area contributed by atoms with Crippen LogP contribution >= 0.6 is 11.6 Å². The average molecular weight is 237 g/mol. The maximum atomic E-state index is 11.7. The van der Waals surface area contributed by atoms with Crippen molar-refractivity contribution in [2.24, 2.45) is 0 Å². The van der Waals surface area contributed by atoms with Crippen molar-refractivity contribution in [3.8, 4) is 17.6 Å². The molecule has 0 fully saturated rings. The summed E-state index contributed by atoms with van der Waals surface area (Å²) >= 11 is 5.51. The Morgan fingerprint density at radius 3 is 2.88 bits per heavy atom. The predicted molar refractivity (Wildman–Crippen MR) is 65.1 cm³/mol. The van der Waals surface area contributed by atoms with Gasteiger partial charge in [-0.25, -0.2) is 0 Å². The molecule has 0 unspecified atom stereocenters. The molecule has 0 amide bonds. The number of para-hydroxylation sites is 1. The summed E-state index contributed by atoms with van der Waals surface area (Å²) in [5, 5.41) is 0. The van der Waals surface area contributed by atoms with Gasteiger partial charge in [-0.2, -0.15) is 0 Å². The number of alkyl halides is 1. The van der Waals surface area contributed by atoms with Crippen LogP contribution in [-0.2, 0) is 0 Å². The van der Waals surface area contributed by atoms with Crippen LogP contribution in [0.3, 0.4) is 0 Å². The summed E-state index contributed by atoms with van der Waals surface area (Å²) in [5.74, 6) is 6.28. The summed E-state index contributed by atoms with van der Waals surface area (Å²) in [7, 11) is 1.53. The van der Waals surface area contributed by atoms with Gasteiger partial charge in [0.2, 0.25) is 5.78 Å². The highest BCUT2D eigenvalue weighted by Gasteiger charge is 2.07. The smallest absolute Gasteiger partial charge is 0.239 e. The third-order valence-corrected chi connectivity index (χ3v) is 2.26. The number of unbranched alkanes of at least 4 members (excludes halogenated alkanes) is 1. The van der Waals surface area contributed by atoms with E-state index in [0.29, 0.717) is 23.6 Å². The van der Waals surface area contributed by atoms with E-state index in [1.165, 1.54) is 7.11 Å². The lowest BCUT2D eigenvalue weighted by molar-refractivity contribution is 0.105. The maximum absolute atomic E-state index is 11.7. The topological polar surface area (TPSA) is 26.3 Å². The van der Waals surface area contributed by atoms with E-state index in [1.807, 2.05) is 6.07 Å². The zero-order valence-electron chi connectivity index (χ0n) is 9.13. The van der Waals surface area contributed by atoms with Crippen molar-refractivity contribution in [2.45, 2.75) is 12.8 Å². The van der Waals surface area contributed by atoms with E-state index in [0.717, 1.165) is 6.42 Å². The molecule has 0 aliphatic rings. The second kappa shape index (κ2) is 6.92. The molecule has 1 aromatic carbocycles. The minimum Gasteiger partial charge on any atom is -0.496 e. The highest BCUT2D eigenvalue weighted by molar-refractivity contribution is 6.17.